The van der Waals surface area contributed by atoms with Gasteiger partial charge in [0.25, 0.3) is 11.6 Å². The van der Waals surface area contributed by atoms with E-state index < -0.39 is 14.9 Å². The van der Waals surface area contributed by atoms with Crippen molar-refractivity contribution in [2.45, 2.75) is 4.90 Å². The Morgan fingerprint density at radius 3 is 2.47 bits per heavy atom. The van der Waals surface area contributed by atoms with Crippen LogP contribution in [-0.2, 0) is 14.8 Å². The van der Waals surface area contributed by atoms with Crippen LogP contribution in [0.2, 0.25) is 5.02 Å². The fourth-order valence-electron chi connectivity index (χ4n) is 3.05. The normalized spacial score (nSPS) is 15.7. The Morgan fingerprint density at radius 2 is 1.84 bits per heavy atom. The van der Waals surface area contributed by atoms with Gasteiger partial charge in [0.2, 0.25) is 10.0 Å². The van der Waals surface area contributed by atoms with Crippen LogP contribution in [0.25, 0.3) is 0 Å². The van der Waals surface area contributed by atoms with Crippen molar-refractivity contribution in [1.29, 1.82) is 0 Å². The Morgan fingerprint density at radius 1 is 1.19 bits per heavy atom. The zero-order valence-electron chi connectivity index (χ0n) is 16.6. The second-order valence-electron chi connectivity index (χ2n) is 6.90. The smallest absolute Gasteiger partial charge is 0.288 e. The quantitative estimate of drug-likeness (QED) is 0.324. The van der Waals surface area contributed by atoms with Crippen LogP contribution in [0.1, 0.15) is 5.56 Å². The van der Waals surface area contributed by atoms with Gasteiger partial charge in [-0.3, -0.25) is 19.8 Å². The van der Waals surface area contributed by atoms with Crippen molar-refractivity contribution in [3.63, 3.8) is 0 Å². The molecule has 3 rings (SSSR count). The molecule has 1 amide bonds. The third kappa shape index (κ3) is 6.11. The van der Waals surface area contributed by atoms with Gasteiger partial charge in [-0.05, 0) is 30.3 Å². The van der Waals surface area contributed by atoms with E-state index in [1.54, 1.807) is 24.3 Å². The highest BCUT2D eigenvalue weighted by Crippen LogP contribution is 2.24. The van der Waals surface area contributed by atoms with E-state index in [1.807, 2.05) is 4.90 Å². The molecule has 2 aromatic carbocycles. The number of benzene rings is 2. The lowest BCUT2D eigenvalue weighted by atomic mass is 10.2. The number of piperazine rings is 1. The monoisotopic (exact) mass is 543 g/mol. The van der Waals surface area contributed by atoms with Gasteiger partial charge in [-0.25, -0.2) is 13.8 Å². The van der Waals surface area contributed by atoms with Crippen LogP contribution in [0.15, 0.2) is 56.9 Å². The molecule has 10 nitrogen and oxygen atoms in total. The van der Waals surface area contributed by atoms with Gasteiger partial charge >= 0.3 is 0 Å². The van der Waals surface area contributed by atoms with Crippen molar-refractivity contribution >= 4 is 55.4 Å². The minimum Gasteiger partial charge on any atom is -0.292 e. The first-order valence-corrected chi connectivity index (χ1v) is 12.0. The number of carbonyl (C=O) groups is 1. The standard InChI is InChI=1S/C19H19BrClN5O5S/c20-15-2-4-16(5-3-15)32(30,31)25-9-7-24(8-10-25)13-19(27)23-22-12-14-1-6-17(21)18(11-14)26(28)29/h1-6,11-12H,7-10,13H2,(H,23,27). The highest BCUT2D eigenvalue weighted by Gasteiger charge is 2.29. The Labute approximate surface area is 198 Å². The number of nitro groups is 1. The van der Waals surface area contributed by atoms with Crippen molar-refractivity contribution in [1.82, 2.24) is 14.6 Å². The fourth-order valence-corrected chi connectivity index (χ4v) is 4.92. The highest BCUT2D eigenvalue weighted by molar-refractivity contribution is 9.10. The predicted octanol–water partition coefficient (Wildman–Crippen LogP) is 2.47. The van der Waals surface area contributed by atoms with Crippen LogP contribution < -0.4 is 5.43 Å². The van der Waals surface area contributed by atoms with Crippen LogP contribution in [0.5, 0.6) is 0 Å². The van der Waals surface area contributed by atoms with E-state index in [9.17, 15) is 23.3 Å². The van der Waals surface area contributed by atoms with Crippen molar-refractivity contribution in [3.05, 3.63) is 67.6 Å². The molecule has 32 heavy (non-hydrogen) atoms. The first-order valence-electron chi connectivity index (χ1n) is 9.41. The molecule has 1 saturated heterocycles. The first kappa shape index (κ1) is 24.3. The Bertz CT molecular complexity index is 1140. The van der Waals surface area contributed by atoms with E-state index in [-0.39, 0.29) is 41.1 Å². The van der Waals surface area contributed by atoms with Crippen LogP contribution >= 0.6 is 27.5 Å². The molecule has 2 aromatic rings. The second-order valence-corrected chi connectivity index (χ2v) is 10.2. The van der Waals surface area contributed by atoms with Crippen molar-refractivity contribution in [2.24, 2.45) is 5.10 Å². The summed E-state index contributed by atoms with van der Waals surface area (Å²) in [7, 11) is -3.58. The number of nitrogens with zero attached hydrogens (tertiary/aromatic N) is 4. The largest absolute Gasteiger partial charge is 0.292 e. The minimum atomic E-state index is -3.58. The predicted molar refractivity (Wildman–Crippen MR) is 123 cm³/mol. The number of sulfonamides is 1. The maximum atomic E-state index is 12.7. The van der Waals surface area contributed by atoms with Gasteiger partial charge in [-0.15, -0.1) is 0 Å². The molecule has 0 atom stereocenters. The molecular weight excluding hydrogens is 526 g/mol. The zero-order chi connectivity index (χ0) is 23.3. The molecule has 0 aromatic heterocycles. The summed E-state index contributed by atoms with van der Waals surface area (Å²) in [6.45, 7) is 1.38. The number of hydrogen-bond donors (Lipinski definition) is 1. The summed E-state index contributed by atoms with van der Waals surface area (Å²) < 4.78 is 27.7. The molecular formula is C19H19BrClN5O5S. The lowest BCUT2D eigenvalue weighted by molar-refractivity contribution is -0.384. The van der Waals surface area contributed by atoms with Gasteiger partial charge in [0.15, 0.2) is 0 Å². The lowest BCUT2D eigenvalue weighted by Gasteiger charge is -2.33. The number of halogens is 2. The summed E-state index contributed by atoms with van der Waals surface area (Å²) in [5, 5.41) is 14.7. The average Bonchev–Trinajstić information content (AvgIpc) is 2.75. The minimum absolute atomic E-state index is 0.0116. The summed E-state index contributed by atoms with van der Waals surface area (Å²) in [4.78, 5) is 24.5. The number of amides is 1. The molecule has 0 saturated carbocycles. The average molecular weight is 545 g/mol. The summed E-state index contributed by atoms with van der Waals surface area (Å²) in [6, 6.07) is 10.6. The van der Waals surface area contributed by atoms with Gasteiger partial charge in [0.05, 0.1) is 22.6 Å². The number of hydrazone groups is 1. The molecule has 13 heteroatoms. The molecule has 0 bridgehead atoms. The maximum absolute atomic E-state index is 12.7. The molecule has 170 valence electrons. The molecule has 1 heterocycles. The summed E-state index contributed by atoms with van der Waals surface area (Å²) >= 11 is 9.05. The summed E-state index contributed by atoms with van der Waals surface area (Å²) in [6.07, 6.45) is 1.28. The van der Waals surface area contributed by atoms with Gasteiger partial charge < -0.3 is 0 Å². The van der Waals surface area contributed by atoms with E-state index in [1.165, 1.54) is 28.7 Å². The Kier molecular flexibility index (Phi) is 7.96. The summed E-state index contributed by atoms with van der Waals surface area (Å²) in [5.74, 6) is -0.381. The van der Waals surface area contributed by atoms with E-state index >= 15 is 0 Å². The number of nitrogens with one attached hydrogen (secondary N) is 1. The van der Waals surface area contributed by atoms with Crippen LogP contribution in [0, 0.1) is 10.1 Å². The van der Waals surface area contributed by atoms with E-state index in [0.717, 1.165) is 4.47 Å². The Hall–Kier alpha value is -2.38. The van der Waals surface area contributed by atoms with Gasteiger partial charge in [0, 0.05) is 42.3 Å². The first-order chi connectivity index (χ1) is 15.2. The highest BCUT2D eigenvalue weighted by atomic mass is 79.9. The molecule has 0 radical (unpaired) electrons. The topological polar surface area (TPSA) is 125 Å². The molecule has 1 aliphatic rings. The third-order valence-corrected chi connectivity index (χ3v) is 7.48. The van der Waals surface area contributed by atoms with E-state index in [2.05, 4.69) is 26.5 Å². The van der Waals surface area contributed by atoms with Crippen molar-refractivity contribution in [2.75, 3.05) is 32.7 Å². The molecule has 1 fully saturated rings. The molecule has 0 unspecified atom stereocenters. The van der Waals surface area contributed by atoms with E-state index in [0.29, 0.717) is 18.7 Å². The number of nitro benzene ring substituents is 1. The van der Waals surface area contributed by atoms with Crippen LogP contribution in [-0.4, -0.2) is 67.4 Å². The number of rotatable bonds is 7. The molecule has 0 aliphatic carbocycles. The van der Waals surface area contributed by atoms with Gasteiger partial charge in [-0.1, -0.05) is 33.6 Å². The van der Waals surface area contributed by atoms with Crippen molar-refractivity contribution in [3.8, 4) is 0 Å². The second kappa shape index (κ2) is 10.5. The lowest BCUT2D eigenvalue weighted by Crippen LogP contribution is -2.50. The third-order valence-electron chi connectivity index (χ3n) is 4.72. The van der Waals surface area contributed by atoms with Gasteiger partial charge in [-0.2, -0.15) is 9.41 Å². The molecule has 1 N–H and O–H groups in total. The number of carbonyl (C=O) groups excluding carboxylic acids is 1. The zero-order valence-corrected chi connectivity index (χ0v) is 19.8. The molecule has 0 spiro atoms. The van der Waals surface area contributed by atoms with E-state index in [4.69, 9.17) is 11.6 Å². The van der Waals surface area contributed by atoms with Crippen LogP contribution in [0.4, 0.5) is 5.69 Å². The van der Waals surface area contributed by atoms with Gasteiger partial charge in [0.1, 0.15) is 5.02 Å². The van der Waals surface area contributed by atoms with Crippen LogP contribution in [0.3, 0.4) is 0 Å². The van der Waals surface area contributed by atoms with Crippen molar-refractivity contribution < 1.29 is 18.1 Å². The maximum Gasteiger partial charge on any atom is 0.288 e. The Balaban J connectivity index is 1.49. The SMILES string of the molecule is O=C(CN1CCN(S(=O)(=O)c2ccc(Br)cc2)CC1)NN=Cc1ccc(Cl)c([N+](=O)[O-])c1. The molecule has 1 aliphatic heterocycles. The number of hydrogen-bond acceptors (Lipinski definition) is 7. The summed E-state index contributed by atoms with van der Waals surface area (Å²) in [5.41, 5.74) is 2.52. The fraction of sp³-hybridized carbons (Fsp3) is 0.263.